The normalized spacial score (nSPS) is 13.9. The fourth-order valence-electron chi connectivity index (χ4n) is 6.09. The van der Waals surface area contributed by atoms with Gasteiger partial charge in [0.15, 0.2) is 0 Å². The fraction of sp³-hybridized carbons (Fsp3) is 0.773. The molecule has 0 aromatic rings. The zero-order valence-electron chi connectivity index (χ0n) is 32.8. The summed E-state index contributed by atoms with van der Waals surface area (Å²) >= 11 is 0. The van der Waals surface area contributed by atoms with Crippen LogP contribution in [0.2, 0.25) is 0 Å². The lowest BCUT2D eigenvalue weighted by Crippen LogP contribution is -2.46. The SMILES string of the molecule is CC/C=C/C=C/C=C\C=C/CCCCCC(=O)OC(CCCCCCCCC)CC(=O)NC(CO)C(O)CCCCCCCCCCCCC. The molecule has 0 saturated carbocycles. The highest BCUT2D eigenvalue weighted by molar-refractivity contribution is 5.77. The first kappa shape index (κ1) is 47.8. The summed E-state index contributed by atoms with van der Waals surface area (Å²) in [5.74, 6) is -0.528. The number of carbonyl (C=O) groups is 2. The molecule has 6 nitrogen and oxygen atoms in total. The Bertz CT molecular complexity index is 880. The van der Waals surface area contributed by atoms with Crippen LogP contribution in [-0.2, 0) is 14.3 Å². The number of unbranched alkanes of at least 4 members (excludes halogenated alkanes) is 19. The van der Waals surface area contributed by atoms with Crippen LogP contribution in [-0.4, -0.2) is 46.9 Å². The van der Waals surface area contributed by atoms with E-state index >= 15 is 0 Å². The van der Waals surface area contributed by atoms with E-state index in [0.29, 0.717) is 19.3 Å². The minimum absolute atomic E-state index is 0.0611. The van der Waals surface area contributed by atoms with Crippen LogP contribution in [0.25, 0.3) is 0 Å². The molecule has 3 unspecified atom stereocenters. The van der Waals surface area contributed by atoms with Crippen LogP contribution in [0.15, 0.2) is 48.6 Å². The second-order valence-electron chi connectivity index (χ2n) is 14.1. The second kappa shape index (κ2) is 38.1. The largest absolute Gasteiger partial charge is 0.462 e. The first-order chi connectivity index (χ1) is 24.5. The number of allylic oxidation sites excluding steroid dienone is 8. The Morgan fingerprint density at radius 3 is 1.62 bits per heavy atom. The average Bonchev–Trinajstić information content (AvgIpc) is 3.10. The van der Waals surface area contributed by atoms with E-state index < -0.39 is 18.2 Å². The van der Waals surface area contributed by atoms with Crippen molar-refractivity contribution in [3.8, 4) is 0 Å². The molecule has 0 bridgehead atoms. The van der Waals surface area contributed by atoms with Crippen molar-refractivity contribution in [2.45, 2.75) is 212 Å². The van der Waals surface area contributed by atoms with Crippen molar-refractivity contribution in [1.29, 1.82) is 0 Å². The number of hydrogen-bond donors (Lipinski definition) is 3. The number of carbonyl (C=O) groups excluding carboxylic acids is 2. The van der Waals surface area contributed by atoms with Crippen LogP contribution in [0.5, 0.6) is 0 Å². The molecular weight excluding hydrogens is 622 g/mol. The van der Waals surface area contributed by atoms with Crippen molar-refractivity contribution in [3.63, 3.8) is 0 Å². The molecule has 0 saturated heterocycles. The van der Waals surface area contributed by atoms with Gasteiger partial charge in [0.1, 0.15) is 6.10 Å². The number of amides is 1. The van der Waals surface area contributed by atoms with Gasteiger partial charge in [-0.3, -0.25) is 9.59 Å². The highest BCUT2D eigenvalue weighted by atomic mass is 16.5. The molecule has 50 heavy (non-hydrogen) atoms. The zero-order chi connectivity index (χ0) is 36.8. The molecule has 0 aromatic heterocycles. The molecule has 0 fully saturated rings. The van der Waals surface area contributed by atoms with Crippen molar-refractivity contribution in [3.05, 3.63) is 48.6 Å². The van der Waals surface area contributed by atoms with Crippen molar-refractivity contribution in [2.24, 2.45) is 0 Å². The van der Waals surface area contributed by atoms with Crippen molar-refractivity contribution >= 4 is 11.9 Å². The first-order valence-electron chi connectivity index (χ1n) is 20.9. The smallest absolute Gasteiger partial charge is 0.306 e. The van der Waals surface area contributed by atoms with Gasteiger partial charge < -0.3 is 20.3 Å². The summed E-state index contributed by atoms with van der Waals surface area (Å²) in [6.07, 6.45) is 43.2. The van der Waals surface area contributed by atoms with E-state index in [-0.39, 0.29) is 24.9 Å². The maximum atomic E-state index is 13.0. The summed E-state index contributed by atoms with van der Waals surface area (Å²) in [6.45, 7) is 6.27. The zero-order valence-corrected chi connectivity index (χ0v) is 32.8. The lowest BCUT2D eigenvalue weighted by atomic mass is 10.0. The third kappa shape index (κ3) is 33.0. The Morgan fingerprint density at radius 1 is 0.600 bits per heavy atom. The second-order valence-corrected chi connectivity index (χ2v) is 14.1. The maximum absolute atomic E-state index is 13.0. The van der Waals surface area contributed by atoms with Gasteiger partial charge >= 0.3 is 5.97 Å². The Hall–Kier alpha value is -2.18. The fourth-order valence-corrected chi connectivity index (χ4v) is 6.09. The molecule has 6 heteroatoms. The van der Waals surface area contributed by atoms with E-state index in [1.807, 2.05) is 30.4 Å². The summed E-state index contributed by atoms with van der Waals surface area (Å²) < 4.78 is 5.83. The molecule has 290 valence electrons. The van der Waals surface area contributed by atoms with Gasteiger partial charge in [0, 0.05) is 6.42 Å². The minimum atomic E-state index is -0.790. The maximum Gasteiger partial charge on any atom is 0.306 e. The third-order valence-corrected chi connectivity index (χ3v) is 9.27. The van der Waals surface area contributed by atoms with E-state index in [1.54, 1.807) is 0 Å². The Balaban J connectivity index is 4.56. The van der Waals surface area contributed by atoms with Gasteiger partial charge in [-0.25, -0.2) is 0 Å². The van der Waals surface area contributed by atoms with E-state index in [2.05, 4.69) is 44.3 Å². The lowest BCUT2D eigenvalue weighted by Gasteiger charge is -2.24. The van der Waals surface area contributed by atoms with Gasteiger partial charge in [0.2, 0.25) is 5.91 Å². The third-order valence-electron chi connectivity index (χ3n) is 9.27. The molecule has 0 spiro atoms. The van der Waals surface area contributed by atoms with Gasteiger partial charge in [-0.05, 0) is 44.9 Å². The van der Waals surface area contributed by atoms with Crippen LogP contribution in [0.4, 0.5) is 0 Å². The number of hydrogen-bond acceptors (Lipinski definition) is 5. The van der Waals surface area contributed by atoms with Gasteiger partial charge in [-0.15, -0.1) is 0 Å². The number of nitrogens with one attached hydrogen (secondary N) is 1. The molecular formula is C44H79NO5. The Labute approximate surface area is 308 Å². The Kier molecular flexibility index (Phi) is 36.4. The van der Waals surface area contributed by atoms with Gasteiger partial charge in [-0.1, -0.05) is 185 Å². The highest BCUT2D eigenvalue weighted by Gasteiger charge is 2.24. The summed E-state index contributed by atoms with van der Waals surface area (Å²) in [5, 5.41) is 23.5. The van der Waals surface area contributed by atoms with E-state index in [9.17, 15) is 19.8 Å². The summed E-state index contributed by atoms with van der Waals surface area (Å²) in [7, 11) is 0. The van der Waals surface area contributed by atoms with Crippen LogP contribution in [0.1, 0.15) is 194 Å². The monoisotopic (exact) mass is 702 g/mol. The Morgan fingerprint density at radius 2 is 1.08 bits per heavy atom. The minimum Gasteiger partial charge on any atom is -0.462 e. The molecule has 1 amide bonds. The van der Waals surface area contributed by atoms with E-state index in [1.165, 1.54) is 77.0 Å². The number of aliphatic hydroxyl groups is 2. The molecule has 0 aliphatic rings. The molecule has 3 atom stereocenters. The van der Waals surface area contributed by atoms with Crippen LogP contribution in [0, 0.1) is 0 Å². The van der Waals surface area contributed by atoms with Crippen LogP contribution >= 0.6 is 0 Å². The van der Waals surface area contributed by atoms with E-state index in [0.717, 1.165) is 70.6 Å². The standard InChI is InChI=1S/C44H79NO5/c1-4-7-10-13-16-18-20-21-23-25-28-31-34-37-44(49)50-40(35-32-29-26-15-12-9-6-3)38-43(48)45-41(39-46)42(47)36-33-30-27-24-22-19-17-14-11-8-5-2/h7,10,13,16,18,20-21,23,40-42,46-47H,4-6,8-9,11-12,14-15,17,19,22,24-39H2,1-3H3,(H,45,48)/b10-7+,16-13+,20-18-,23-21-. The predicted octanol–water partition coefficient (Wildman–Crippen LogP) is 11.6. The van der Waals surface area contributed by atoms with Crippen molar-refractivity contribution in [2.75, 3.05) is 6.61 Å². The molecule has 3 N–H and O–H groups in total. The predicted molar refractivity (Wildman–Crippen MR) is 213 cm³/mol. The van der Waals surface area contributed by atoms with Crippen LogP contribution in [0.3, 0.4) is 0 Å². The summed E-state index contributed by atoms with van der Waals surface area (Å²) in [5.41, 5.74) is 0. The highest BCUT2D eigenvalue weighted by Crippen LogP contribution is 2.17. The van der Waals surface area contributed by atoms with Crippen molar-refractivity contribution < 1.29 is 24.5 Å². The number of esters is 1. The van der Waals surface area contributed by atoms with Gasteiger partial charge in [0.25, 0.3) is 0 Å². The summed E-state index contributed by atoms with van der Waals surface area (Å²) in [6, 6.07) is -0.704. The van der Waals surface area contributed by atoms with Crippen molar-refractivity contribution in [1.82, 2.24) is 5.32 Å². The molecule has 0 aliphatic carbocycles. The molecule has 0 aliphatic heterocycles. The molecule has 0 aromatic carbocycles. The lowest BCUT2D eigenvalue weighted by molar-refractivity contribution is -0.151. The van der Waals surface area contributed by atoms with E-state index in [4.69, 9.17) is 4.74 Å². The van der Waals surface area contributed by atoms with Crippen LogP contribution < -0.4 is 5.32 Å². The first-order valence-corrected chi connectivity index (χ1v) is 20.9. The average molecular weight is 702 g/mol. The molecule has 0 rings (SSSR count). The van der Waals surface area contributed by atoms with Gasteiger partial charge in [-0.2, -0.15) is 0 Å². The topological polar surface area (TPSA) is 95.9 Å². The summed E-state index contributed by atoms with van der Waals surface area (Å²) in [4.78, 5) is 25.8. The van der Waals surface area contributed by atoms with Gasteiger partial charge in [0.05, 0.1) is 25.2 Å². The molecule has 0 heterocycles. The number of ether oxygens (including phenoxy) is 1. The number of aliphatic hydroxyl groups excluding tert-OH is 2. The molecule has 0 radical (unpaired) electrons. The quantitative estimate of drug-likeness (QED) is 0.0343. The number of rotatable bonds is 36.